The topological polar surface area (TPSA) is 89.7 Å². The molecule has 164 valence electrons. The van der Waals surface area contributed by atoms with Crippen LogP contribution in [0.4, 0.5) is 4.79 Å². The second-order valence-corrected chi connectivity index (χ2v) is 11.6. The van der Waals surface area contributed by atoms with Crippen molar-refractivity contribution < 1.29 is 17.9 Å². The van der Waals surface area contributed by atoms with Crippen molar-refractivity contribution in [3.05, 3.63) is 10.6 Å². The average Bonchev–Trinajstić information content (AvgIpc) is 3.08. The van der Waals surface area contributed by atoms with Gasteiger partial charge in [-0.1, -0.05) is 0 Å². The second-order valence-electron chi connectivity index (χ2n) is 8.96. The lowest BCUT2D eigenvalue weighted by Gasteiger charge is -2.35. The van der Waals surface area contributed by atoms with Crippen LogP contribution in [0.3, 0.4) is 0 Å². The van der Waals surface area contributed by atoms with Crippen LogP contribution in [0.1, 0.15) is 33.0 Å². The molecular formula is C18H31N5O4S2. The summed E-state index contributed by atoms with van der Waals surface area (Å²) in [5.41, 5.74) is -0.496. The third-order valence-corrected chi connectivity index (χ3v) is 7.61. The minimum absolute atomic E-state index is 0.112. The van der Waals surface area contributed by atoms with Crippen molar-refractivity contribution in [1.29, 1.82) is 0 Å². The standard InChI is InChI=1S/C18H31N5O4S2/c1-18(2,3)27-17(24)22-8-6-21(7-9-22)13-23-16(28)20(4)15(19-23)11-14-5-10-29(25,26)12-14/h14H,5-13H2,1-4H3. The Bertz CT molecular complexity index is 908. The van der Waals surface area contributed by atoms with Gasteiger partial charge in [-0.15, -0.1) is 0 Å². The van der Waals surface area contributed by atoms with Gasteiger partial charge < -0.3 is 14.2 Å². The first kappa shape index (κ1) is 22.2. The highest BCUT2D eigenvalue weighted by atomic mass is 32.2. The lowest BCUT2D eigenvalue weighted by atomic mass is 10.1. The molecule has 0 bridgehead atoms. The van der Waals surface area contributed by atoms with Gasteiger partial charge in [-0.3, -0.25) is 4.90 Å². The molecule has 2 aliphatic rings. The van der Waals surface area contributed by atoms with E-state index >= 15 is 0 Å². The number of ether oxygens (including phenoxy) is 1. The number of amides is 1. The van der Waals surface area contributed by atoms with Crippen molar-refractivity contribution in [2.45, 2.75) is 45.9 Å². The summed E-state index contributed by atoms with van der Waals surface area (Å²) in [6, 6.07) is 0. The van der Waals surface area contributed by atoms with Gasteiger partial charge in [0.15, 0.2) is 14.6 Å². The van der Waals surface area contributed by atoms with Crippen molar-refractivity contribution >= 4 is 28.1 Å². The van der Waals surface area contributed by atoms with Gasteiger partial charge in [0.2, 0.25) is 0 Å². The SMILES string of the molecule is Cn1c(CC2CCS(=O)(=O)C2)nn(CN2CCN(C(=O)OC(C)(C)C)CC2)c1=S. The Kier molecular flexibility index (Phi) is 6.40. The number of carbonyl (C=O) groups is 1. The highest BCUT2D eigenvalue weighted by molar-refractivity contribution is 7.91. The van der Waals surface area contributed by atoms with Crippen LogP contribution >= 0.6 is 12.2 Å². The van der Waals surface area contributed by atoms with E-state index in [1.807, 2.05) is 32.4 Å². The monoisotopic (exact) mass is 445 g/mol. The fraction of sp³-hybridized carbons (Fsp3) is 0.833. The van der Waals surface area contributed by atoms with E-state index in [0.29, 0.717) is 50.5 Å². The molecule has 0 N–H and O–H groups in total. The van der Waals surface area contributed by atoms with Crippen molar-refractivity contribution in [3.63, 3.8) is 0 Å². The largest absolute Gasteiger partial charge is 0.444 e. The van der Waals surface area contributed by atoms with Crippen molar-refractivity contribution in [3.8, 4) is 0 Å². The lowest BCUT2D eigenvalue weighted by molar-refractivity contribution is 0.0113. The van der Waals surface area contributed by atoms with E-state index < -0.39 is 15.4 Å². The number of sulfone groups is 1. The minimum atomic E-state index is -2.90. The van der Waals surface area contributed by atoms with E-state index in [2.05, 4.69) is 10.00 Å². The number of piperazine rings is 1. The molecule has 0 saturated carbocycles. The van der Waals surface area contributed by atoms with Crippen LogP contribution in [-0.2, 0) is 34.7 Å². The van der Waals surface area contributed by atoms with Gasteiger partial charge in [0.1, 0.15) is 11.4 Å². The number of rotatable bonds is 4. The fourth-order valence-corrected chi connectivity index (χ4v) is 5.75. The van der Waals surface area contributed by atoms with Gasteiger partial charge in [-0.25, -0.2) is 17.9 Å². The molecule has 3 rings (SSSR count). The summed E-state index contributed by atoms with van der Waals surface area (Å²) in [6.07, 6.45) is 1.04. The molecule has 0 aromatic carbocycles. The van der Waals surface area contributed by atoms with E-state index in [4.69, 9.17) is 17.0 Å². The molecular weight excluding hydrogens is 414 g/mol. The highest BCUT2D eigenvalue weighted by Crippen LogP contribution is 2.22. The maximum absolute atomic E-state index is 12.2. The summed E-state index contributed by atoms with van der Waals surface area (Å²) in [4.78, 5) is 16.1. The Hall–Kier alpha value is -1.46. The van der Waals surface area contributed by atoms with Crippen molar-refractivity contribution in [2.75, 3.05) is 37.7 Å². The summed E-state index contributed by atoms with van der Waals surface area (Å²) in [5.74, 6) is 1.44. The zero-order chi connectivity index (χ0) is 21.4. The molecule has 1 aromatic rings. The van der Waals surface area contributed by atoms with Crippen LogP contribution in [0.25, 0.3) is 0 Å². The molecule has 3 heterocycles. The van der Waals surface area contributed by atoms with E-state index in [-0.39, 0.29) is 23.5 Å². The zero-order valence-electron chi connectivity index (χ0n) is 17.6. The molecule has 11 heteroatoms. The fourth-order valence-electron chi connectivity index (χ4n) is 3.68. The second kappa shape index (κ2) is 8.35. The van der Waals surface area contributed by atoms with Gasteiger partial charge >= 0.3 is 6.09 Å². The summed E-state index contributed by atoms with van der Waals surface area (Å²) in [6.45, 7) is 8.77. The van der Waals surface area contributed by atoms with Gasteiger partial charge in [-0.2, -0.15) is 5.10 Å². The molecule has 1 amide bonds. The van der Waals surface area contributed by atoms with E-state index in [1.54, 1.807) is 9.58 Å². The third-order valence-electron chi connectivity index (χ3n) is 5.29. The first-order chi connectivity index (χ1) is 13.4. The molecule has 1 atom stereocenters. The maximum Gasteiger partial charge on any atom is 0.410 e. The maximum atomic E-state index is 12.2. The van der Waals surface area contributed by atoms with Crippen LogP contribution in [0.5, 0.6) is 0 Å². The normalized spacial score (nSPS) is 22.8. The molecule has 0 aliphatic carbocycles. The number of carbonyl (C=O) groups excluding carboxylic acids is 1. The Labute approximate surface area is 177 Å². The molecule has 1 unspecified atom stereocenters. The zero-order valence-corrected chi connectivity index (χ0v) is 19.3. The van der Waals surface area contributed by atoms with E-state index in [9.17, 15) is 13.2 Å². The average molecular weight is 446 g/mol. The van der Waals surface area contributed by atoms with Crippen LogP contribution in [0.2, 0.25) is 0 Å². The molecule has 2 fully saturated rings. The predicted octanol–water partition coefficient (Wildman–Crippen LogP) is 1.44. The number of hydrogen-bond acceptors (Lipinski definition) is 7. The van der Waals surface area contributed by atoms with Gasteiger partial charge in [0.25, 0.3) is 0 Å². The summed E-state index contributed by atoms with van der Waals surface area (Å²) in [5, 5.41) is 4.65. The summed E-state index contributed by atoms with van der Waals surface area (Å²) >= 11 is 5.53. The molecule has 29 heavy (non-hydrogen) atoms. The summed E-state index contributed by atoms with van der Waals surface area (Å²) < 4.78 is 33.1. The first-order valence-electron chi connectivity index (χ1n) is 9.97. The Morgan fingerprint density at radius 2 is 1.90 bits per heavy atom. The van der Waals surface area contributed by atoms with Crippen molar-refractivity contribution in [2.24, 2.45) is 13.0 Å². The molecule has 9 nitrogen and oxygen atoms in total. The number of nitrogens with zero attached hydrogens (tertiary/aromatic N) is 5. The van der Waals surface area contributed by atoms with Crippen LogP contribution in [0.15, 0.2) is 0 Å². The quantitative estimate of drug-likeness (QED) is 0.648. The van der Waals surface area contributed by atoms with Crippen LogP contribution < -0.4 is 0 Å². The van der Waals surface area contributed by atoms with Gasteiger partial charge in [0, 0.05) is 39.6 Å². The van der Waals surface area contributed by atoms with E-state index in [1.165, 1.54) is 0 Å². The van der Waals surface area contributed by atoms with Crippen molar-refractivity contribution in [1.82, 2.24) is 24.1 Å². The first-order valence-corrected chi connectivity index (χ1v) is 12.2. The van der Waals surface area contributed by atoms with Crippen LogP contribution in [0, 0.1) is 10.7 Å². The third kappa shape index (κ3) is 5.79. The van der Waals surface area contributed by atoms with Gasteiger partial charge in [0.05, 0.1) is 18.2 Å². The highest BCUT2D eigenvalue weighted by Gasteiger charge is 2.30. The molecule has 0 spiro atoms. The number of hydrogen-bond donors (Lipinski definition) is 0. The van der Waals surface area contributed by atoms with Gasteiger partial charge in [-0.05, 0) is 45.3 Å². The minimum Gasteiger partial charge on any atom is -0.444 e. The Balaban J connectivity index is 1.56. The molecule has 0 radical (unpaired) electrons. The summed E-state index contributed by atoms with van der Waals surface area (Å²) in [7, 11) is -1.02. The molecule has 2 saturated heterocycles. The lowest BCUT2D eigenvalue weighted by Crippen LogP contribution is -2.50. The number of aromatic nitrogens is 3. The predicted molar refractivity (Wildman–Crippen MR) is 112 cm³/mol. The Morgan fingerprint density at radius 1 is 1.24 bits per heavy atom. The Morgan fingerprint density at radius 3 is 2.45 bits per heavy atom. The smallest absolute Gasteiger partial charge is 0.410 e. The van der Waals surface area contributed by atoms with Crippen LogP contribution in [-0.4, -0.2) is 81.9 Å². The van der Waals surface area contributed by atoms with E-state index in [0.717, 1.165) is 5.82 Å². The molecule has 2 aliphatic heterocycles. The molecule has 1 aromatic heterocycles.